The minimum Gasteiger partial charge on any atom is -0.297 e. The summed E-state index contributed by atoms with van der Waals surface area (Å²) in [6, 6.07) is 8.17. The molecule has 0 spiro atoms. The van der Waals surface area contributed by atoms with E-state index in [4.69, 9.17) is 0 Å². The zero-order valence-corrected chi connectivity index (χ0v) is 12.9. The third-order valence-electron chi connectivity index (χ3n) is 4.02. The second kappa shape index (κ2) is 5.53. The van der Waals surface area contributed by atoms with Gasteiger partial charge in [0, 0.05) is 17.7 Å². The summed E-state index contributed by atoms with van der Waals surface area (Å²) in [7, 11) is 0. The van der Waals surface area contributed by atoms with Gasteiger partial charge in [-0.15, -0.1) is 21.5 Å². The largest absolute Gasteiger partial charge is 0.297 e. The molecule has 1 aliphatic heterocycles. The Bertz CT molecular complexity index is 836. The molecule has 0 bridgehead atoms. The molecule has 1 amide bonds. The molecular formula is C16H16N4OS. The molecule has 0 saturated carbocycles. The van der Waals surface area contributed by atoms with Crippen molar-refractivity contribution in [3.8, 4) is 0 Å². The highest BCUT2D eigenvalue weighted by Crippen LogP contribution is 2.26. The van der Waals surface area contributed by atoms with Crippen molar-refractivity contribution in [1.29, 1.82) is 0 Å². The van der Waals surface area contributed by atoms with E-state index >= 15 is 0 Å². The number of fused-ring (bicyclic) bond motifs is 2. The minimum atomic E-state index is -0.0377. The summed E-state index contributed by atoms with van der Waals surface area (Å²) in [5.41, 5.74) is 1.07. The molecule has 3 aromatic rings. The molecule has 0 aliphatic carbocycles. The van der Waals surface area contributed by atoms with Crippen LogP contribution < -0.4 is 5.32 Å². The van der Waals surface area contributed by atoms with E-state index < -0.39 is 0 Å². The van der Waals surface area contributed by atoms with Crippen LogP contribution in [0, 0.1) is 0 Å². The van der Waals surface area contributed by atoms with Crippen LogP contribution in [-0.2, 0) is 24.2 Å². The molecule has 1 aromatic carbocycles. The highest BCUT2D eigenvalue weighted by atomic mass is 32.1. The molecule has 0 saturated heterocycles. The van der Waals surface area contributed by atoms with Crippen molar-refractivity contribution in [2.24, 2.45) is 0 Å². The standard InChI is InChI=1S/C16H16N4OS/c21-15(9-11-10-22-13-6-2-1-5-12(11)13)17-16-19-18-14-7-3-4-8-20(14)16/h1-2,5-6,10H,3-4,7-9H2,(H,17,19,21). The summed E-state index contributed by atoms with van der Waals surface area (Å²) in [4.78, 5) is 12.3. The highest BCUT2D eigenvalue weighted by Gasteiger charge is 2.17. The average molecular weight is 312 g/mol. The predicted molar refractivity (Wildman–Crippen MR) is 87.1 cm³/mol. The number of rotatable bonds is 3. The van der Waals surface area contributed by atoms with Gasteiger partial charge in [0.15, 0.2) is 0 Å². The molecule has 0 fully saturated rings. The minimum absolute atomic E-state index is 0.0377. The van der Waals surface area contributed by atoms with Crippen molar-refractivity contribution in [2.75, 3.05) is 5.32 Å². The monoisotopic (exact) mass is 312 g/mol. The Hall–Kier alpha value is -2.21. The lowest BCUT2D eigenvalue weighted by atomic mass is 10.1. The number of carbonyl (C=O) groups excluding carboxylic acids is 1. The molecule has 2 aromatic heterocycles. The smallest absolute Gasteiger partial charge is 0.231 e. The predicted octanol–water partition coefficient (Wildman–Crippen LogP) is 3.01. The molecule has 1 aliphatic rings. The number of nitrogens with zero attached hydrogens (tertiary/aromatic N) is 3. The van der Waals surface area contributed by atoms with E-state index in [1.165, 1.54) is 4.70 Å². The highest BCUT2D eigenvalue weighted by molar-refractivity contribution is 7.17. The van der Waals surface area contributed by atoms with Crippen LogP contribution in [0.25, 0.3) is 10.1 Å². The van der Waals surface area contributed by atoms with Gasteiger partial charge in [-0.2, -0.15) is 0 Å². The molecule has 0 unspecified atom stereocenters. The van der Waals surface area contributed by atoms with Gasteiger partial charge < -0.3 is 0 Å². The number of aryl methyl sites for hydroxylation is 1. The Morgan fingerprint density at radius 1 is 1.27 bits per heavy atom. The van der Waals surface area contributed by atoms with Crippen molar-refractivity contribution < 1.29 is 4.79 Å². The molecule has 1 N–H and O–H groups in total. The van der Waals surface area contributed by atoms with Crippen molar-refractivity contribution in [3.63, 3.8) is 0 Å². The van der Waals surface area contributed by atoms with Gasteiger partial charge in [-0.25, -0.2) is 0 Å². The van der Waals surface area contributed by atoms with Gasteiger partial charge in [0.05, 0.1) is 6.42 Å². The lowest BCUT2D eigenvalue weighted by Crippen LogP contribution is -2.20. The molecule has 0 atom stereocenters. The van der Waals surface area contributed by atoms with Crippen LogP contribution >= 0.6 is 11.3 Å². The zero-order valence-electron chi connectivity index (χ0n) is 12.1. The summed E-state index contributed by atoms with van der Waals surface area (Å²) in [5.74, 6) is 1.52. The number of carbonyl (C=O) groups is 1. The van der Waals surface area contributed by atoms with Crippen LogP contribution in [0.2, 0.25) is 0 Å². The number of thiophene rings is 1. The van der Waals surface area contributed by atoms with Gasteiger partial charge >= 0.3 is 0 Å². The molecule has 3 heterocycles. The van der Waals surface area contributed by atoms with Crippen LogP contribution in [-0.4, -0.2) is 20.7 Å². The van der Waals surface area contributed by atoms with E-state index in [-0.39, 0.29) is 5.91 Å². The maximum atomic E-state index is 12.3. The number of anilines is 1. The first-order valence-electron chi connectivity index (χ1n) is 7.48. The van der Waals surface area contributed by atoms with E-state index in [1.807, 2.05) is 16.7 Å². The summed E-state index contributed by atoms with van der Waals surface area (Å²) >= 11 is 1.67. The zero-order chi connectivity index (χ0) is 14.9. The number of hydrogen-bond donors (Lipinski definition) is 1. The topological polar surface area (TPSA) is 59.8 Å². The Morgan fingerprint density at radius 3 is 3.14 bits per heavy atom. The summed E-state index contributed by atoms with van der Waals surface area (Å²) in [6.45, 7) is 0.888. The van der Waals surface area contributed by atoms with Gasteiger partial charge in [-0.1, -0.05) is 18.2 Å². The van der Waals surface area contributed by atoms with E-state index in [0.717, 1.165) is 42.6 Å². The molecule has 0 radical (unpaired) electrons. The molecule has 22 heavy (non-hydrogen) atoms. The Labute approximate surface area is 132 Å². The lowest BCUT2D eigenvalue weighted by molar-refractivity contribution is -0.115. The van der Waals surface area contributed by atoms with Crippen LogP contribution in [0.3, 0.4) is 0 Å². The second-order valence-corrected chi connectivity index (χ2v) is 6.44. The number of nitrogens with one attached hydrogen (secondary N) is 1. The third kappa shape index (κ3) is 2.39. The molecule has 112 valence electrons. The average Bonchev–Trinajstić information content (AvgIpc) is 3.13. The SMILES string of the molecule is O=C(Cc1csc2ccccc12)Nc1nnc2n1CCCC2. The maximum Gasteiger partial charge on any atom is 0.231 e. The Kier molecular flexibility index (Phi) is 3.38. The van der Waals surface area contributed by atoms with Gasteiger partial charge in [0.25, 0.3) is 0 Å². The van der Waals surface area contributed by atoms with Crippen molar-refractivity contribution in [1.82, 2.24) is 14.8 Å². The van der Waals surface area contributed by atoms with Crippen molar-refractivity contribution in [3.05, 3.63) is 41.0 Å². The van der Waals surface area contributed by atoms with E-state index in [9.17, 15) is 4.79 Å². The van der Waals surface area contributed by atoms with Gasteiger partial charge in [0.1, 0.15) is 5.82 Å². The van der Waals surface area contributed by atoms with Gasteiger partial charge in [-0.05, 0) is 35.2 Å². The van der Waals surface area contributed by atoms with Crippen molar-refractivity contribution in [2.45, 2.75) is 32.2 Å². The number of amides is 1. The quantitative estimate of drug-likeness (QED) is 0.809. The second-order valence-electron chi connectivity index (χ2n) is 5.53. The molecular weight excluding hydrogens is 296 g/mol. The molecule has 6 heteroatoms. The first kappa shape index (κ1) is 13.5. The first-order chi connectivity index (χ1) is 10.8. The van der Waals surface area contributed by atoms with Gasteiger partial charge in [0.2, 0.25) is 11.9 Å². The Morgan fingerprint density at radius 2 is 2.18 bits per heavy atom. The van der Waals surface area contributed by atoms with Gasteiger partial charge in [-0.3, -0.25) is 14.7 Å². The maximum absolute atomic E-state index is 12.3. The van der Waals surface area contributed by atoms with E-state index in [2.05, 4.69) is 33.0 Å². The molecule has 4 rings (SSSR count). The lowest BCUT2D eigenvalue weighted by Gasteiger charge is -2.14. The summed E-state index contributed by atoms with van der Waals surface area (Å²) in [5, 5.41) is 14.4. The van der Waals surface area contributed by atoms with Crippen LogP contribution in [0.15, 0.2) is 29.6 Å². The molecule has 5 nitrogen and oxygen atoms in total. The fourth-order valence-corrected chi connectivity index (χ4v) is 3.88. The van der Waals surface area contributed by atoms with E-state index in [0.29, 0.717) is 12.4 Å². The summed E-state index contributed by atoms with van der Waals surface area (Å²) < 4.78 is 3.23. The first-order valence-corrected chi connectivity index (χ1v) is 8.36. The number of hydrogen-bond acceptors (Lipinski definition) is 4. The fraction of sp³-hybridized carbons (Fsp3) is 0.312. The van der Waals surface area contributed by atoms with E-state index in [1.54, 1.807) is 11.3 Å². The van der Waals surface area contributed by atoms with Crippen molar-refractivity contribution >= 4 is 33.3 Å². The van der Waals surface area contributed by atoms with Crippen LogP contribution in [0.5, 0.6) is 0 Å². The normalized spacial score (nSPS) is 14.0. The number of aromatic nitrogens is 3. The third-order valence-corrected chi connectivity index (χ3v) is 5.04. The van der Waals surface area contributed by atoms with Crippen LogP contribution in [0.4, 0.5) is 5.95 Å². The fourth-order valence-electron chi connectivity index (χ4n) is 2.91. The Balaban J connectivity index is 1.52. The van der Waals surface area contributed by atoms with Crippen LogP contribution in [0.1, 0.15) is 24.2 Å². The number of benzene rings is 1. The summed E-state index contributed by atoms with van der Waals surface area (Å²) in [6.07, 6.45) is 3.57.